The van der Waals surface area contributed by atoms with Gasteiger partial charge in [0, 0.05) is 0 Å². The van der Waals surface area contributed by atoms with E-state index in [4.69, 9.17) is 22.1 Å². The average Bonchev–Trinajstić information content (AvgIpc) is 2.97. The van der Waals surface area contributed by atoms with Gasteiger partial charge in [-0.25, -0.2) is 4.98 Å². The Kier molecular flexibility index (Phi) is 5.30. The van der Waals surface area contributed by atoms with Gasteiger partial charge in [-0.3, -0.25) is 4.57 Å². The summed E-state index contributed by atoms with van der Waals surface area (Å²) in [6, 6.07) is 0. The maximum Gasteiger partial charge on any atom is 0.357 e. The number of fused-ring (bicyclic) bond motifs is 1. The van der Waals surface area contributed by atoms with E-state index in [9.17, 15) is 14.4 Å². The first-order chi connectivity index (χ1) is 12.8. The number of nitrogens with zero attached hydrogens (tertiary/aromatic N) is 4. The van der Waals surface area contributed by atoms with Gasteiger partial charge in [0.05, 0.1) is 18.5 Å². The fourth-order valence-electron chi connectivity index (χ4n) is 4.14. The van der Waals surface area contributed by atoms with Crippen LogP contribution in [0.15, 0.2) is 6.33 Å². The zero-order valence-corrected chi connectivity index (χ0v) is 18.3. The molecular weight excluding hydrogens is 405 g/mol. The van der Waals surface area contributed by atoms with Crippen molar-refractivity contribution in [2.75, 3.05) is 5.73 Å². The molecule has 0 bridgehead atoms. The molecule has 1 fully saturated rings. The summed E-state index contributed by atoms with van der Waals surface area (Å²) in [6.07, 6.45) is 2.24. The lowest BCUT2D eigenvalue weighted by atomic mass is 9.94. The van der Waals surface area contributed by atoms with Crippen LogP contribution in [0.3, 0.4) is 0 Å². The zero-order chi connectivity index (χ0) is 21.1. The van der Waals surface area contributed by atoms with Crippen molar-refractivity contribution in [1.29, 1.82) is 0 Å². The van der Waals surface area contributed by atoms with Crippen molar-refractivity contribution in [3.63, 3.8) is 0 Å². The Balaban J connectivity index is 2.02. The Morgan fingerprint density at radius 1 is 1.39 bits per heavy atom. The van der Waals surface area contributed by atoms with Gasteiger partial charge in [0.1, 0.15) is 5.52 Å². The minimum atomic E-state index is -4.57. The summed E-state index contributed by atoms with van der Waals surface area (Å²) < 4.78 is 20.7. The zero-order valence-electron chi connectivity index (χ0n) is 16.6. The van der Waals surface area contributed by atoms with Gasteiger partial charge in [-0.1, -0.05) is 46.2 Å². The second-order valence-electron chi connectivity index (χ2n) is 8.29. The van der Waals surface area contributed by atoms with Crippen molar-refractivity contribution in [3.8, 4) is 0 Å². The fourth-order valence-corrected chi connectivity index (χ4v) is 6.01. The number of anilines is 1. The number of rotatable bonds is 7. The summed E-state index contributed by atoms with van der Waals surface area (Å²) in [5.41, 5.74) is 5.87. The fraction of sp³-hybridized carbons (Fsp3) is 0.706. The van der Waals surface area contributed by atoms with E-state index in [1.165, 1.54) is 0 Å². The Morgan fingerprint density at radius 3 is 2.43 bits per heavy atom. The van der Waals surface area contributed by atoms with Crippen LogP contribution in [-0.4, -0.2) is 40.2 Å². The number of aromatic nitrogens is 4. The van der Waals surface area contributed by atoms with E-state index in [1.54, 1.807) is 38.6 Å². The molecule has 3 rings (SSSR count). The molecule has 0 saturated heterocycles. The quantitative estimate of drug-likeness (QED) is 0.449. The summed E-state index contributed by atoms with van der Waals surface area (Å²) in [7, 11) is -4.57. The molecular formula is C17H27ClN5O4P. The summed E-state index contributed by atoms with van der Waals surface area (Å²) in [6.45, 7) is 9.44. The molecule has 0 aliphatic heterocycles. The first-order valence-corrected chi connectivity index (χ1v) is 11.2. The second-order valence-corrected chi connectivity index (χ2v) is 10.4. The van der Waals surface area contributed by atoms with Crippen LogP contribution < -0.4 is 5.73 Å². The van der Waals surface area contributed by atoms with E-state index in [0.29, 0.717) is 24.1 Å². The SMILES string of the molecule is CC1CC1(Cn1cnc2c(Cl)nc(N)nc21)OC(C(C)C)(C(C)C)P(=O)(O)O. The highest BCUT2D eigenvalue weighted by molar-refractivity contribution is 7.53. The number of nitrogens with two attached hydrogens (primary N) is 1. The predicted molar refractivity (Wildman–Crippen MR) is 107 cm³/mol. The number of halogens is 1. The minimum absolute atomic E-state index is 0.0342. The first kappa shape index (κ1) is 21.5. The molecule has 28 heavy (non-hydrogen) atoms. The van der Waals surface area contributed by atoms with Gasteiger partial charge in [-0.2, -0.15) is 9.97 Å². The molecule has 0 aromatic carbocycles. The van der Waals surface area contributed by atoms with Crippen molar-refractivity contribution < 1.29 is 19.1 Å². The molecule has 4 N–H and O–H groups in total. The molecule has 2 aromatic heterocycles. The molecule has 9 nitrogen and oxygen atoms in total. The van der Waals surface area contributed by atoms with E-state index in [-0.39, 0.29) is 28.9 Å². The van der Waals surface area contributed by atoms with Gasteiger partial charge in [-0.05, 0) is 24.2 Å². The van der Waals surface area contributed by atoms with Crippen molar-refractivity contribution in [2.45, 2.75) is 58.5 Å². The third kappa shape index (κ3) is 3.33. The van der Waals surface area contributed by atoms with Crippen LogP contribution in [0.2, 0.25) is 5.15 Å². The standard InChI is InChI=1S/C17H27ClN5O4P/c1-9(2)17(10(3)4,28(24,25)26)27-16(6-11(16)5)7-23-8-20-12-13(18)21-15(19)22-14(12)23/h8-11H,6-7H2,1-5H3,(H2,19,21,22)(H2,24,25,26). The molecule has 2 atom stereocenters. The van der Waals surface area contributed by atoms with Gasteiger partial charge >= 0.3 is 7.60 Å². The van der Waals surface area contributed by atoms with Crippen LogP contribution in [0.1, 0.15) is 41.0 Å². The van der Waals surface area contributed by atoms with E-state index in [0.717, 1.165) is 0 Å². The maximum absolute atomic E-state index is 12.5. The Morgan fingerprint density at radius 2 is 1.96 bits per heavy atom. The van der Waals surface area contributed by atoms with Crippen molar-refractivity contribution in [1.82, 2.24) is 19.5 Å². The maximum atomic E-state index is 12.5. The van der Waals surface area contributed by atoms with Crippen LogP contribution in [0, 0.1) is 17.8 Å². The third-order valence-electron chi connectivity index (χ3n) is 5.74. The summed E-state index contributed by atoms with van der Waals surface area (Å²) in [5, 5.41) is -1.42. The van der Waals surface area contributed by atoms with Gasteiger partial charge in [0.15, 0.2) is 16.1 Å². The molecule has 0 amide bonds. The smallest absolute Gasteiger partial charge is 0.357 e. The highest BCUT2D eigenvalue weighted by atomic mass is 35.5. The molecule has 1 saturated carbocycles. The van der Waals surface area contributed by atoms with Gasteiger partial charge < -0.3 is 24.8 Å². The van der Waals surface area contributed by atoms with E-state index < -0.39 is 18.5 Å². The number of hydrogen-bond donors (Lipinski definition) is 3. The lowest BCUT2D eigenvalue weighted by molar-refractivity contribution is -0.129. The predicted octanol–water partition coefficient (Wildman–Crippen LogP) is 3.04. The highest BCUT2D eigenvalue weighted by Gasteiger charge is 2.63. The van der Waals surface area contributed by atoms with Crippen LogP contribution in [0.4, 0.5) is 5.95 Å². The molecule has 156 valence electrons. The van der Waals surface area contributed by atoms with Crippen LogP contribution in [0.5, 0.6) is 0 Å². The van der Waals surface area contributed by atoms with E-state index >= 15 is 0 Å². The van der Waals surface area contributed by atoms with Crippen LogP contribution in [0.25, 0.3) is 11.2 Å². The number of nitrogen functional groups attached to an aromatic ring is 1. The number of ether oxygens (including phenoxy) is 1. The highest BCUT2D eigenvalue weighted by Crippen LogP contribution is 2.64. The molecule has 0 spiro atoms. The third-order valence-corrected chi connectivity index (χ3v) is 8.04. The van der Waals surface area contributed by atoms with Crippen molar-refractivity contribution >= 4 is 36.3 Å². The topological polar surface area (TPSA) is 136 Å². The van der Waals surface area contributed by atoms with Crippen molar-refractivity contribution in [3.05, 3.63) is 11.5 Å². The summed E-state index contributed by atoms with van der Waals surface area (Å²) >= 11 is 6.10. The number of imidazole rings is 1. The number of hydrogen-bond acceptors (Lipinski definition) is 6. The average molecular weight is 432 g/mol. The molecule has 2 heterocycles. The molecule has 0 radical (unpaired) electrons. The second kappa shape index (κ2) is 6.92. The Bertz CT molecular complexity index is 935. The minimum Gasteiger partial charge on any atom is -0.368 e. The normalized spacial score (nSPS) is 23.1. The van der Waals surface area contributed by atoms with Gasteiger partial charge in [0.2, 0.25) is 5.95 Å². The largest absolute Gasteiger partial charge is 0.368 e. The van der Waals surface area contributed by atoms with Gasteiger partial charge in [0.25, 0.3) is 0 Å². The van der Waals surface area contributed by atoms with Gasteiger partial charge in [-0.15, -0.1) is 0 Å². The molecule has 1 aliphatic carbocycles. The molecule has 11 heteroatoms. The molecule has 2 aromatic rings. The molecule has 1 aliphatic rings. The summed E-state index contributed by atoms with van der Waals surface area (Å²) in [5.74, 6) is -0.620. The van der Waals surface area contributed by atoms with E-state index in [1.807, 2.05) is 6.92 Å². The summed E-state index contributed by atoms with van der Waals surface area (Å²) in [4.78, 5) is 32.8. The monoisotopic (exact) mass is 431 g/mol. The van der Waals surface area contributed by atoms with E-state index in [2.05, 4.69) is 15.0 Å². The molecule has 2 unspecified atom stereocenters. The first-order valence-electron chi connectivity index (χ1n) is 9.23. The lowest BCUT2D eigenvalue weighted by Gasteiger charge is -2.44. The lowest BCUT2D eigenvalue weighted by Crippen LogP contribution is -2.48. The van der Waals surface area contributed by atoms with Crippen LogP contribution >= 0.6 is 19.2 Å². The Labute approximate surface area is 168 Å². The van der Waals surface area contributed by atoms with Crippen LogP contribution in [-0.2, 0) is 15.8 Å². The van der Waals surface area contributed by atoms with Crippen molar-refractivity contribution in [2.24, 2.45) is 17.8 Å². The Hall–Kier alpha value is -1.25.